The summed E-state index contributed by atoms with van der Waals surface area (Å²) in [5.74, 6) is 2.16. The molecule has 0 aliphatic heterocycles. The average Bonchev–Trinajstić information content (AvgIpc) is 2.77. The van der Waals surface area contributed by atoms with Crippen molar-refractivity contribution < 1.29 is 0 Å². The molecule has 1 aromatic rings. The van der Waals surface area contributed by atoms with Crippen LogP contribution in [0.4, 0.5) is 0 Å². The SMILES string of the molecule is CCc1ccc(CC2(CNC)CC3CC3C2)s1. The van der Waals surface area contributed by atoms with E-state index in [4.69, 9.17) is 0 Å². The summed E-state index contributed by atoms with van der Waals surface area (Å²) in [5.41, 5.74) is 0.582. The van der Waals surface area contributed by atoms with Crippen LogP contribution in [0.1, 0.15) is 35.9 Å². The highest BCUT2D eigenvalue weighted by Gasteiger charge is 2.53. The monoisotopic (exact) mass is 249 g/mol. The minimum absolute atomic E-state index is 0.582. The zero-order chi connectivity index (χ0) is 11.9. The first-order chi connectivity index (χ1) is 8.24. The molecule has 0 radical (unpaired) electrons. The third-order valence-electron chi connectivity index (χ3n) is 4.63. The van der Waals surface area contributed by atoms with E-state index in [1.165, 1.54) is 38.6 Å². The second-order valence-corrected chi connectivity index (χ2v) is 7.35. The van der Waals surface area contributed by atoms with Crippen molar-refractivity contribution in [3.05, 3.63) is 21.9 Å². The summed E-state index contributed by atoms with van der Waals surface area (Å²) in [4.78, 5) is 3.15. The first kappa shape index (κ1) is 11.7. The lowest BCUT2D eigenvalue weighted by Gasteiger charge is -2.30. The fraction of sp³-hybridized carbons (Fsp3) is 0.733. The smallest absolute Gasteiger partial charge is 0.00541 e. The Morgan fingerprint density at radius 3 is 2.59 bits per heavy atom. The molecule has 0 saturated heterocycles. The molecule has 0 amide bonds. The molecule has 2 fully saturated rings. The Bertz CT molecular complexity index is 385. The summed E-state index contributed by atoms with van der Waals surface area (Å²) < 4.78 is 0. The van der Waals surface area contributed by atoms with Crippen LogP contribution in [-0.2, 0) is 12.8 Å². The van der Waals surface area contributed by atoms with Crippen LogP contribution < -0.4 is 5.32 Å². The standard InChI is InChI=1S/C15H23NS/c1-3-13-4-5-14(17-13)9-15(10-16-2)7-11-6-12(11)8-15/h4-5,11-12,16H,3,6-10H2,1-2H3. The minimum Gasteiger partial charge on any atom is -0.319 e. The van der Waals surface area contributed by atoms with E-state index in [9.17, 15) is 0 Å². The first-order valence-electron chi connectivity index (χ1n) is 6.97. The molecule has 2 atom stereocenters. The molecule has 2 aliphatic rings. The average molecular weight is 249 g/mol. The summed E-state index contributed by atoms with van der Waals surface area (Å²) in [6.07, 6.45) is 6.96. The fourth-order valence-electron chi connectivity index (χ4n) is 3.81. The van der Waals surface area contributed by atoms with Crippen LogP contribution in [0.15, 0.2) is 12.1 Å². The summed E-state index contributed by atoms with van der Waals surface area (Å²) in [6.45, 7) is 3.46. The number of thiophene rings is 1. The molecule has 1 nitrogen and oxygen atoms in total. The lowest BCUT2D eigenvalue weighted by Crippen LogP contribution is -2.33. The van der Waals surface area contributed by atoms with Crippen molar-refractivity contribution in [3.63, 3.8) is 0 Å². The second kappa shape index (κ2) is 4.40. The number of nitrogens with one attached hydrogen (secondary N) is 1. The second-order valence-electron chi connectivity index (χ2n) is 6.09. The summed E-state index contributed by atoms with van der Waals surface area (Å²) in [7, 11) is 2.11. The number of rotatable bonds is 5. The summed E-state index contributed by atoms with van der Waals surface area (Å²) >= 11 is 2.03. The molecule has 1 heterocycles. The molecule has 1 N–H and O–H groups in total. The van der Waals surface area contributed by atoms with Crippen molar-refractivity contribution in [2.45, 2.75) is 39.0 Å². The molecular weight excluding hydrogens is 226 g/mol. The third-order valence-corrected chi connectivity index (χ3v) is 5.86. The van der Waals surface area contributed by atoms with E-state index < -0.39 is 0 Å². The lowest BCUT2D eigenvalue weighted by atomic mass is 9.79. The van der Waals surface area contributed by atoms with E-state index in [2.05, 4.69) is 31.4 Å². The molecule has 0 spiro atoms. The van der Waals surface area contributed by atoms with Crippen LogP contribution in [-0.4, -0.2) is 13.6 Å². The highest BCUT2D eigenvalue weighted by Crippen LogP contribution is 2.60. The number of hydrogen-bond acceptors (Lipinski definition) is 2. The normalized spacial score (nSPS) is 34.9. The summed E-state index contributed by atoms with van der Waals surface area (Å²) in [5, 5.41) is 3.44. The van der Waals surface area contributed by atoms with Gasteiger partial charge in [0.1, 0.15) is 0 Å². The maximum atomic E-state index is 3.44. The maximum absolute atomic E-state index is 3.44. The van der Waals surface area contributed by atoms with Crippen molar-refractivity contribution in [1.29, 1.82) is 0 Å². The molecular formula is C15H23NS. The van der Waals surface area contributed by atoms with Gasteiger partial charge in [-0.05, 0) is 68.5 Å². The Morgan fingerprint density at radius 1 is 1.29 bits per heavy atom. The van der Waals surface area contributed by atoms with Crippen LogP contribution in [0.2, 0.25) is 0 Å². The Balaban J connectivity index is 1.71. The van der Waals surface area contributed by atoms with Gasteiger partial charge >= 0.3 is 0 Å². The van der Waals surface area contributed by atoms with Gasteiger partial charge in [-0.25, -0.2) is 0 Å². The molecule has 0 bridgehead atoms. The van der Waals surface area contributed by atoms with E-state index in [1.807, 2.05) is 11.3 Å². The predicted molar refractivity (Wildman–Crippen MR) is 74.6 cm³/mol. The molecule has 2 unspecified atom stereocenters. The zero-order valence-electron chi connectivity index (χ0n) is 11.0. The van der Waals surface area contributed by atoms with E-state index in [-0.39, 0.29) is 0 Å². The highest BCUT2D eigenvalue weighted by atomic mass is 32.1. The van der Waals surface area contributed by atoms with Gasteiger partial charge in [0.05, 0.1) is 0 Å². The van der Waals surface area contributed by atoms with Crippen LogP contribution in [0.3, 0.4) is 0 Å². The van der Waals surface area contributed by atoms with Gasteiger partial charge in [-0.3, -0.25) is 0 Å². The zero-order valence-corrected chi connectivity index (χ0v) is 11.8. The molecule has 2 heteroatoms. The lowest BCUT2D eigenvalue weighted by molar-refractivity contribution is 0.257. The highest BCUT2D eigenvalue weighted by molar-refractivity contribution is 7.11. The van der Waals surface area contributed by atoms with Crippen LogP contribution in [0.5, 0.6) is 0 Å². The maximum Gasteiger partial charge on any atom is 0.00541 e. The van der Waals surface area contributed by atoms with Gasteiger partial charge in [-0.15, -0.1) is 11.3 Å². The Kier molecular flexibility index (Phi) is 3.04. The van der Waals surface area contributed by atoms with Crippen LogP contribution in [0, 0.1) is 17.3 Å². The van der Waals surface area contributed by atoms with Crippen molar-refractivity contribution in [2.24, 2.45) is 17.3 Å². The van der Waals surface area contributed by atoms with Crippen molar-refractivity contribution >= 4 is 11.3 Å². The minimum atomic E-state index is 0.582. The van der Waals surface area contributed by atoms with Crippen LogP contribution >= 0.6 is 11.3 Å². The Morgan fingerprint density at radius 2 is 2.00 bits per heavy atom. The molecule has 0 aromatic carbocycles. The number of aryl methyl sites for hydroxylation is 1. The largest absolute Gasteiger partial charge is 0.319 e. The fourth-order valence-corrected chi connectivity index (χ4v) is 4.94. The van der Waals surface area contributed by atoms with Crippen molar-refractivity contribution in [1.82, 2.24) is 5.32 Å². The predicted octanol–water partition coefficient (Wildman–Crippen LogP) is 3.49. The van der Waals surface area contributed by atoms with Gasteiger partial charge < -0.3 is 5.32 Å². The molecule has 94 valence electrons. The molecule has 17 heavy (non-hydrogen) atoms. The molecule has 1 aromatic heterocycles. The Labute approximate surface area is 109 Å². The summed E-state index contributed by atoms with van der Waals surface area (Å²) in [6, 6.07) is 4.69. The Hall–Kier alpha value is -0.340. The van der Waals surface area contributed by atoms with Gasteiger partial charge in [0.2, 0.25) is 0 Å². The van der Waals surface area contributed by atoms with E-state index in [0.29, 0.717) is 5.41 Å². The quantitative estimate of drug-likeness (QED) is 0.842. The van der Waals surface area contributed by atoms with Gasteiger partial charge in [0.15, 0.2) is 0 Å². The van der Waals surface area contributed by atoms with Crippen molar-refractivity contribution in [2.75, 3.05) is 13.6 Å². The first-order valence-corrected chi connectivity index (χ1v) is 7.78. The van der Waals surface area contributed by atoms with E-state index in [1.54, 1.807) is 9.75 Å². The van der Waals surface area contributed by atoms with Gasteiger partial charge in [0.25, 0.3) is 0 Å². The van der Waals surface area contributed by atoms with Crippen molar-refractivity contribution in [3.8, 4) is 0 Å². The molecule has 2 saturated carbocycles. The molecule has 2 aliphatic carbocycles. The van der Waals surface area contributed by atoms with Gasteiger partial charge in [-0.1, -0.05) is 6.92 Å². The topological polar surface area (TPSA) is 12.0 Å². The molecule has 3 rings (SSSR count). The number of hydrogen-bond donors (Lipinski definition) is 1. The van der Waals surface area contributed by atoms with Gasteiger partial charge in [-0.2, -0.15) is 0 Å². The van der Waals surface area contributed by atoms with Crippen LogP contribution in [0.25, 0.3) is 0 Å². The number of fused-ring (bicyclic) bond motifs is 1. The third kappa shape index (κ3) is 2.30. The van der Waals surface area contributed by atoms with Gasteiger partial charge in [0, 0.05) is 16.3 Å². The van der Waals surface area contributed by atoms with E-state index in [0.717, 1.165) is 11.8 Å². The van der Waals surface area contributed by atoms with E-state index >= 15 is 0 Å².